The van der Waals surface area contributed by atoms with Gasteiger partial charge in [0.2, 0.25) is 0 Å². The Kier molecular flexibility index (Phi) is 5.02. The highest BCUT2D eigenvalue weighted by atomic mass is 32.2. The van der Waals surface area contributed by atoms with E-state index in [9.17, 15) is 5.11 Å². The highest BCUT2D eigenvalue weighted by Gasteiger charge is 2.16. The minimum atomic E-state index is 0.160. The summed E-state index contributed by atoms with van der Waals surface area (Å²) in [6, 6.07) is 0.162. The lowest BCUT2D eigenvalue weighted by molar-refractivity contribution is 0.288. The molecule has 0 saturated heterocycles. The second-order valence-corrected chi connectivity index (χ2v) is 4.91. The molecule has 0 saturated carbocycles. The maximum atomic E-state index is 9.20. The number of aliphatic hydroxyl groups excluding tert-OH is 1. The molecule has 5 heteroatoms. The summed E-state index contributed by atoms with van der Waals surface area (Å²) in [6.07, 6.45) is 3.75. The molecule has 0 aliphatic rings. The lowest BCUT2D eigenvalue weighted by Gasteiger charge is -2.22. The third-order valence-corrected chi connectivity index (χ3v) is 3.64. The van der Waals surface area contributed by atoms with Crippen LogP contribution in [0.2, 0.25) is 0 Å². The number of hydrogen-bond donors (Lipinski definition) is 2. The fraction of sp³-hybridized carbons (Fsp3) is 0.636. The fourth-order valence-corrected chi connectivity index (χ4v) is 2.04. The Labute approximate surface area is 101 Å². The van der Waals surface area contributed by atoms with Crippen LogP contribution < -0.4 is 5.32 Å². The van der Waals surface area contributed by atoms with E-state index in [1.165, 1.54) is 0 Å². The molecule has 1 rings (SSSR count). The van der Waals surface area contributed by atoms with Crippen molar-refractivity contribution in [1.82, 2.24) is 9.97 Å². The molecule has 2 N–H and O–H groups in total. The summed E-state index contributed by atoms with van der Waals surface area (Å²) in [4.78, 5) is 8.65. The van der Waals surface area contributed by atoms with E-state index in [-0.39, 0.29) is 17.9 Å². The average Bonchev–Trinajstić information content (AvgIpc) is 2.25. The van der Waals surface area contributed by atoms with Crippen LogP contribution in [0.1, 0.15) is 18.3 Å². The van der Waals surface area contributed by atoms with Gasteiger partial charge in [-0.05, 0) is 27.0 Å². The monoisotopic (exact) mass is 241 g/mol. The van der Waals surface area contributed by atoms with Gasteiger partial charge in [0.25, 0.3) is 0 Å². The van der Waals surface area contributed by atoms with E-state index in [1.807, 2.05) is 27.0 Å². The molecule has 16 heavy (non-hydrogen) atoms. The molecule has 0 bridgehead atoms. The Morgan fingerprint density at radius 1 is 1.50 bits per heavy atom. The van der Waals surface area contributed by atoms with Gasteiger partial charge >= 0.3 is 0 Å². The standard InChI is InChI=1S/C11H19N3OS/c1-7-5-12-9(3)11(13-7)14-8(2)10(6-15)16-4/h5,8,10,15H,6H2,1-4H3,(H,13,14). The van der Waals surface area contributed by atoms with E-state index in [1.54, 1.807) is 18.0 Å². The van der Waals surface area contributed by atoms with Gasteiger partial charge in [0.05, 0.1) is 18.0 Å². The summed E-state index contributed by atoms with van der Waals surface area (Å²) in [5.41, 5.74) is 1.78. The maximum Gasteiger partial charge on any atom is 0.147 e. The van der Waals surface area contributed by atoms with Gasteiger partial charge in [0.15, 0.2) is 0 Å². The van der Waals surface area contributed by atoms with Crippen LogP contribution in [0.25, 0.3) is 0 Å². The number of aryl methyl sites for hydroxylation is 2. The molecule has 1 heterocycles. The third kappa shape index (κ3) is 3.35. The van der Waals surface area contributed by atoms with Gasteiger partial charge in [-0.3, -0.25) is 4.98 Å². The van der Waals surface area contributed by atoms with Crippen molar-refractivity contribution >= 4 is 17.6 Å². The normalized spacial score (nSPS) is 14.6. The number of hydrogen-bond acceptors (Lipinski definition) is 5. The smallest absolute Gasteiger partial charge is 0.147 e. The lowest BCUT2D eigenvalue weighted by atomic mass is 10.2. The van der Waals surface area contributed by atoms with E-state index in [2.05, 4.69) is 15.3 Å². The maximum absolute atomic E-state index is 9.20. The molecule has 0 fully saturated rings. The van der Waals surface area contributed by atoms with Crippen LogP contribution in [0.3, 0.4) is 0 Å². The first-order valence-electron chi connectivity index (χ1n) is 5.29. The molecule has 2 atom stereocenters. The Bertz CT molecular complexity index is 342. The molecule has 1 aromatic heterocycles. The zero-order valence-corrected chi connectivity index (χ0v) is 11.0. The number of anilines is 1. The van der Waals surface area contributed by atoms with Crippen molar-refractivity contribution in [1.29, 1.82) is 0 Å². The van der Waals surface area contributed by atoms with Crippen molar-refractivity contribution in [2.75, 3.05) is 18.2 Å². The zero-order chi connectivity index (χ0) is 12.1. The Morgan fingerprint density at radius 3 is 2.75 bits per heavy atom. The molecular formula is C11H19N3OS. The summed E-state index contributed by atoms with van der Waals surface area (Å²) in [6.45, 7) is 6.05. The average molecular weight is 241 g/mol. The molecule has 2 unspecified atom stereocenters. The number of thioether (sulfide) groups is 1. The molecule has 4 nitrogen and oxygen atoms in total. The quantitative estimate of drug-likeness (QED) is 0.820. The number of aliphatic hydroxyl groups is 1. The van der Waals surface area contributed by atoms with Gasteiger partial charge in [0, 0.05) is 17.5 Å². The van der Waals surface area contributed by atoms with E-state index >= 15 is 0 Å². The fourth-order valence-electron chi connectivity index (χ4n) is 1.42. The summed E-state index contributed by atoms with van der Waals surface area (Å²) >= 11 is 1.65. The SMILES string of the molecule is CSC(CO)C(C)Nc1nc(C)cnc1C. The topological polar surface area (TPSA) is 58.0 Å². The first-order chi connectivity index (χ1) is 7.58. The summed E-state index contributed by atoms with van der Waals surface area (Å²) in [5.74, 6) is 0.806. The molecule has 0 aromatic carbocycles. The molecule has 0 spiro atoms. The Morgan fingerprint density at radius 2 is 2.19 bits per heavy atom. The zero-order valence-electron chi connectivity index (χ0n) is 10.2. The molecule has 1 aromatic rings. The predicted molar refractivity (Wildman–Crippen MR) is 69.0 cm³/mol. The molecule has 0 amide bonds. The second-order valence-electron chi connectivity index (χ2n) is 3.84. The molecule has 0 aliphatic carbocycles. The van der Waals surface area contributed by atoms with E-state index < -0.39 is 0 Å². The van der Waals surface area contributed by atoms with Crippen molar-refractivity contribution in [3.8, 4) is 0 Å². The van der Waals surface area contributed by atoms with Gasteiger partial charge < -0.3 is 10.4 Å². The highest BCUT2D eigenvalue weighted by Crippen LogP contribution is 2.16. The summed E-state index contributed by atoms with van der Waals surface area (Å²) < 4.78 is 0. The first kappa shape index (κ1) is 13.3. The van der Waals surface area contributed by atoms with Crippen LogP contribution in [0.5, 0.6) is 0 Å². The number of aromatic nitrogens is 2. The number of nitrogens with zero attached hydrogens (tertiary/aromatic N) is 2. The van der Waals surface area contributed by atoms with Crippen LogP contribution in [-0.2, 0) is 0 Å². The van der Waals surface area contributed by atoms with Crippen molar-refractivity contribution in [2.24, 2.45) is 0 Å². The molecule has 0 radical (unpaired) electrons. The molecule has 90 valence electrons. The van der Waals surface area contributed by atoms with Crippen molar-refractivity contribution in [3.63, 3.8) is 0 Å². The molecule has 0 aliphatic heterocycles. The Hall–Kier alpha value is -0.810. The van der Waals surface area contributed by atoms with Gasteiger partial charge in [-0.2, -0.15) is 11.8 Å². The van der Waals surface area contributed by atoms with Crippen LogP contribution in [0, 0.1) is 13.8 Å². The van der Waals surface area contributed by atoms with E-state index in [0.29, 0.717) is 0 Å². The van der Waals surface area contributed by atoms with Gasteiger partial charge in [-0.25, -0.2) is 4.98 Å². The van der Waals surface area contributed by atoms with Gasteiger partial charge in [0.1, 0.15) is 5.82 Å². The van der Waals surface area contributed by atoms with Crippen LogP contribution >= 0.6 is 11.8 Å². The second kappa shape index (κ2) is 6.06. The lowest BCUT2D eigenvalue weighted by Crippen LogP contribution is -2.31. The highest BCUT2D eigenvalue weighted by molar-refractivity contribution is 7.99. The summed E-state index contributed by atoms with van der Waals surface area (Å²) in [5, 5.41) is 12.7. The van der Waals surface area contributed by atoms with Crippen LogP contribution in [0.4, 0.5) is 5.82 Å². The largest absolute Gasteiger partial charge is 0.395 e. The van der Waals surface area contributed by atoms with E-state index in [4.69, 9.17) is 0 Å². The third-order valence-electron chi connectivity index (χ3n) is 2.48. The predicted octanol–water partition coefficient (Wildman–Crippen LogP) is 1.62. The molecular weight excluding hydrogens is 222 g/mol. The first-order valence-corrected chi connectivity index (χ1v) is 6.57. The minimum Gasteiger partial charge on any atom is -0.395 e. The van der Waals surface area contributed by atoms with Crippen LogP contribution in [-0.4, -0.2) is 39.2 Å². The minimum absolute atomic E-state index is 0.160. The van der Waals surface area contributed by atoms with Gasteiger partial charge in [-0.15, -0.1) is 0 Å². The van der Waals surface area contributed by atoms with Crippen molar-refractivity contribution in [2.45, 2.75) is 32.1 Å². The van der Waals surface area contributed by atoms with Crippen LogP contribution in [0.15, 0.2) is 6.20 Å². The number of rotatable bonds is 5. The summed E-state index contributed by atoms with van der Waals surface area (Å²) in [7, 11) is 0. The van der Waals surface area contributed by atoms with Crippen molar-refractivity contribution < 1.29 is 5.11 Å². The van der Waals surface area contributed by atoms with E-state index in [0.717, 1.165) is 17.2 Å². The van der Waals surface area contributed by atoms with Crippen molar-refractivity contribution in [3.05, 3.63) is 17.6 Å². The Balaban J connectivity index is 2.75. The van der Waals surface area contributed by atoms with Gasteiger partial charge in [-0.1, -0.05) is 0 Å². The number of nitrogens with one attached hydrogen (secondary N) is 1.